The van der Waals surface area contributed by atoms with E-state index in [4.69, 9.17) is 4.74 Å². The predicted molar refractivity (Wildman–Crippen MR) is 135 cm³/mol. The number of pyridine rings is 1. The van der Waals surface area contributed by atoms with E-state index in [-0.39, 0.29) is 23.2 Å². The van der Waals surface area contributed by atoms with E-state index in [0.717, 1.165) is 42.9 Å². The van der Waals surface area contributed by atoms with Crippen molar-refractivity contribution in [2.45, 2.75) is 57.4 Å². The Kier molecular flexibility index (Phi) is 6.54. The van der Waals surface area contributed by atoms with E-state index < -0.39 is 17.3 Å². The number of halogens is 3. The molecular weight excluding hydrogens is 479 g/mol. The fourth-order valence-electron chi connectivity index (χ4n) is 4.68. The SMILES string of the molecule is CC(C)(O)c1cn(-c2cccc(-c3cccnc3OC3CCCC3)c2)c(-c2ccccc2C(F)(F)F)n1. The Balaban J connectivity index is 1.63. The number of aliphatic hydroxyl groups is 1. The van der Waals surface area contributed by atoms with Gasteiger partial charge in [0.2, 0.25) is 5.88 Å². The minimum atomic E-state index is -4.56. The standard InChI is InChI=1S/C29H28F3N3O2/c1-28(2,36)25-18-35(26(34-25)23-13-5-6-15-24(23)29(30,31)32)20-10-7-9-19(17-20)22-14-8-16-33-27(22)37-21-11-3-4-12-21/h5-10,13-18,21,36H,3-4,11-12H2,1-2H3. The third-order valence-electron chi connectivity index (χ3n) is 6.59. The van der Waals surface area contributed by atoms with Crippen molar-refractivity contribution in [1.29, 1.82) is 0 Å². The number of hydrogen-bond acceptors (Lipinski definition) is 4. The zero-order valence-corrected chi connectivity index (χ0v) is 20.7. The number of alkyl halides is 3. The molecule has 192 valence electrons. The molecule has 2 aromatic heterocycles. The van der Waals surface area contributed by atoms with Crippen LogP contribution in [0.1, 0.15) is 50.8 Å². The molecule has 4 aromatic rings. The van der Waals surface area contributed by atoms with Gasteiger partial charge >= 0.3 is 6.18 Å². The maximum Gasteiger partial charge on any atom is 0.417 e. The summed E-state index contributed by atoms with van der Waals surface area (Å²) in [4.78, 5) is 8.93. The summed E-state index contributed by atoms with van der Waals surface area (Å²) in [5.41, 5.74) is 0.265. The van der Waals surface area contributed by atoms with Crippen molar-refractivity contribution in [2.75, 3.05) is 0 Å². The summed E-state index contributed by atoms with van der Waals surface area (Å²) in [6.45, 7) is 3.11. The molecule has 0 atom stereocenters. The fraction of sp³-hybridized carbons (Fsp3) is 0.310. The van der Waals surface area contributed by atoms with Gasteiger partial charge in [0, 0.05) is 29.2 Å². The topological polar surface area (TPSA) is 60.2 Å². The second-order valence-electron chi connectivity index (χ2n) is 9.85. The van der Waals surface area contributed by atoms with Gasteiger partial charge in [-0.1, -0.05) is 30.3 Å². The van der Waals surface area contributed by atoms with Gasteiger partial charge in [-0.2, -0.15) is 13.2 Å². The van der Waals surface area contributed by atoms with E-state index in [2.05, 4.69) is 9.97 Å². The van der Waals surface area contributed by atoms with Crippen LogP contribution in [0, 0.1) is 0 Å². The van der Waals surface area contributed by atoms with E-state index in [1.807, 2.05) is 30.3 Å². The smallest absolute Gasteiger partial charge is 0.417 e. The lowest BCUT2D eigenvalue weighted by Gasteiger charge is -2.17. The quantitative estimate of drug-likeness (QED) is 0.301. The Morgan fingerprint density at radius 3 is 2.41 bits per heavy atom. The highest BCUT2D eigenvalue weighted by Crippen LogP contribution is 2.39. The molecule has 0 saturated heterocycles. The summed E-state index contributed by atoms with van der Waals surface area (Å²) in [7, 11) is 0. The van der Waals surface area contributed by atoms with Gasteiger partial charge in [-0.3, -0.25) is 4.57 Å². The Labute approximate surface area is 213 Å². The molecule has 1 saturated carbocycles. The molecule has 0 radical (unpaired) electrons. The predicted octanol–water partition coefficient (Wildman–Crippen LogP) is 7.17. The molecule has 0 bridgehead atoms. The molecule has 8 heteroatoms. The molecule has 0 amide bonds. The number of nitrogens with zero attached hydrogens (tertiary/aromatic N) is 3. The van der Waals surface area contributed by atoms with Crippen LogP contribution in [0.25, 0.3) is 28.2 Å². The van der Waals surface area contributed by atoms with Crippen molar-refractivity contribution in [3.05, 3.63) is 84.3 Å². The van der Waals surface area contributed by atoms with Crippen LogP contribution in [0.2, 0.25) is 0 Å². The first kappa shape index (κ1) is 25.0. The van der Waals surface area contributed by atoms with Gasteiger partial charge < -0.3 is 9.84 Å². The zero-order chi connectivity index (χ0) is 26.2. The number of benzene rings is 2. The van der Waals surface area contributed by atoms with Crippen LogP contribution in [0.15, 0.2) is 73.1 Å². The summed E-state index contributed by atoms with van der Waals surface area (Å²) in [6.07, 6.45) is 3.09. The van der Waals surface area contributed by atoms with Crippen LogP contribution < -0.4 is 4.74 Å². The highest BCUT2D eigenvalue weighted by atomic mass is 19.4. The summed E-state index contributed by atoms with van der Waals surface area (Å²) >= 11 is 0. The lowest BCUT2D eigenvalue weighted by molar-refractivity contribution is -0.137. The number of aromatic nitrogens is 3. The van der Waals surface area contributed by atoms with E-state index in [9.17, 15) is 18.3 Å². The summed E-state index contributed by atoms with van der Waals surface area (Å²) < 4.78 is 49.5. The summed E-state index contributed by atoms with van der Waals surface area (Å²) in [5.74, 6) is 0.632. The van der Waals surface area contributed by atoms with Crippen molar-refractivity contribution in [3.63, 3.8) is 0 Å². The van der Waals surface area contributed by atoms with Crippen LogP contribution in [-0.2, 0) is 11.8 Å². The van der Waals surface area contributed by atoms with Crippen molar-refractivity contribution < 1.29 is 23.0 Å². The third kappa shape index (κ3) is 5.25. The number of ether oxygens (including phenoxy) is 1. The lowest BCUT2D eigenvalue weighted by atomic mass is 10.0. The van der Waals surface area contributed by atoms with Gasteiger partial charge in [0.1, 0.15) is 17.5 Å². The van der Waals surface area contributed by atoms with Crippen LogP contribution in [0.5, 0.6) is 5.88 Å². The molecule has 2 aromatic carbocycles. The molecule has 5 rings (SSSR count). The van der Waals surface area contributed by atoms with E-state index in [0.29, 0.717) is 11.6 Å². The zero-order valence-electron chi connectivity index (χ0n) is 20.7. The van der Waals surface area contributed by atoms with Crippen molar-refractivity contribution in [1.82, 2.24) is 14.5 Å². The molecule has 37 heavy (non-hydrogen) atoms. The molecule has 5 nitrogen and oxygen atoms in total. The molecule has 1 aliphatic carbocycles. The monoisotopic (exact) mass is 507 g/mol. The van der Waals surface area contributed by atoms with Crippen molar-refractivity contribution >= 4 is 0 Å². The fourth-order valence-corrected chi connectivity index (χ4v) is 4.68. The second-order valence-corrected chi connectivity index (χ2v) is 9.85. The number of rotatable bonds is 6. The normalized spacial score (nSPS) is 14.8. The Morgan fingerprint density at radius 1 is 0.946 bits per heavy atom. The minimum Gasteiger partial charge on any atom is -0.474 e. The highest BCUT2D eigenvalue weighted by Gasteiger charge is 2.35. The first-order valence-corrected chi connectivity index (χ1v) is 12.3. The van der Waals surface area contributed by atoms with Crippen LogP contribution in [0.4, 0.5) is 13.2 Å². The molecule has 2 heterocycles. The van der Waals surface area contributed by atoms with Crippen molar-refractivity contribution in [3.8, 4) is 34.1 Å². The minimum absolute atomic E-state index is 0.0671. The Bertz CT molecular complexity index is 1400. The van der Waals surface area contributed by atoms with Crippen molar-refractivity contribution in [2.24, 2.45) is 0 Å². The van der Waals surface area contributed by atoms with Crippen LogP contribution >= 0.6 is 0 Å². The second kappa shape index (κ2) is 9.67. The van der Waals surface area contributed by atoms with Gasteiger partial charge in [0.05, 0.1) is 11.3 Å². The summed E-state index contributed by atoms with van der Waals surface area (Å²) in [6, 6.07) is 16.5. The van der Waals surface area contributed by atoms with Gasteiger partial charge in [-0.05, 0) is 75.4 Å². The van der Waals surface area contributed by atoms with E-state index in [1.54, 1.807) is 42.9 Å². The maximum absolute atomic E-state index is 13.9. The average Bonchev–Trinajstić information content (AvgIpc) is 3.54. The Morgan fingerprint density at radius 2 is 1.68 bits per heavy atom. The molecule has 0 unspecified atom stereocenters. The summed E-state index contributed by atoms with van der Waals surface area (Å²) in [5, 5.41) is 10.6. The molecule has 1 N–H and O–H groups in total. The van der Waals surface area contributed by atoms with E-state index >= 15 is 0 Å². The van der Waals surface area contributed by atoms with Gasteiger partial charge in [-0.15, -0.1) is 0 Å². The molecule has 1 fully saturated rings. The van der Waals surface area contributed by atoms with Gasteiger partial charge in [0.15, 0.2) is 0 Å². The van der Waals surface area contributed by atoms with Crippen LogP contribution in [-0.4, -0.2) is 25.7 Å². The maximum atomic E-state index is 13.9. The highest BCUT2D eigenvalue weighted by molar-refractivity contribution is 5.72. The molecule has 0 spiro atoms. The third-order valence-corrected chi connectivity index (χ3v) is 6.59. The van der Waals surface area contributed by atoms with Gasteiger partial charge in [-0.25, -0.2) is 9.97 Å². The molecular formula is C29H28F3N3O2. The Hall–Kier alpha value is -3.65. The average molecular weight is 508 g/mol. The largest absolute Gasteiger partial charge is 0.474 e. The van der Waals surface area contributed by atoms with Crippen LogP contribution in [0.3, 0.4) is 0 Å². The molecule has 1 aliphatic rings. The van der Waals surface area contributed by atoms with Gasteiger partial charge in [0.25, 0.3) is 0 Å². The number of hydrogen-bond donors (Lipinski definition) is 1. The van der Waals surface area contributed by atoms with E-state index in [1.165, 1.54) is 12.1 Å². The first-order valence-electron chi connectivity index (χ1n) is 12.3. The lowest BCUT2D eigenvalue weighted by Crippen LogP contribution is -2.15. The first-order chi connectivity index (χ1) is 17.6. The molecule has 0 aliphatic heterocycles. The number of imidazole rings is 1.